The molecule has 0 radical (unpaired) electrons. The molecule has 0 atom stereocenters. The van der Waals surface area contributed by atoms with Gasteiger partial charge in [-0.25, -0.2) is 0 Å². The van der Waals surface area contributed by atoms with Crippen LogP contribution < -0.4 is 0 Å². The van der Waals surface area contributed by atoms with Gasteiger partial charge in [0.1, 0.15) is 0 Å². The minimum absolute atomic E-state index is 0.507. The summed E-state index contributed by atoms with van der Waals surface area (Å²) in [6.07, 6.45) is 3.06. The molecule has 0 unspecified atom stereocenters. The topological polar surface area (TPSA) is 12.9 Å². The highest BCUT2D eigenvalue weighted by Crippen LogP contribution is 2.27. The Balaban J connectivity index is 2.45. The molecule has 0 spiro atoms. The molecule has 0 fully saturated rings. The monoisotopic (exact) mass is 231 g/mol. The number of hydrogen-bond acceptors (Lipinski definition) is 2. The van der Waals surface area contributed by atoms with Crippen LogP contribution in [0.4, 0.5) is 0 Å². The van der Waals surface area contributed by atoms with Gasteiger partial charge >= 0.3 is 0 Å². The highest BCUT2D eigenvalue weighted by molar-refractivity contribution is 7.13. The van der Waals surface area contributed by atoms with E-state index in [0.29, 0.717) is 5.92 Å². The van der Waals surface area contributed by atoms with E-state index in [9.17, 15) is 0 Å². The number of nitrogens with zero attached hydrogens (tertiary/aromatic N) is 1. The normalized spacial score (nSPS) is 11.0. The second kappa shape index (κ2) is 4.79. The Morgan fingerprint density at radius 3 is 2.75 bits per heavy atom. The van der Waals surface area contributed by atoms with Crippen molar-refractivity contribution in [2.75, 3.05) is 0 Å². The molecule has 0 N–H and O–H groups in total. The fourth-order valence-corrected chi connectivity index (χ4v) is 2.61. The highest BCUT2D eigenvalue weighted by Gasteiger charge is 2.09. The summed E-state index contributed by atoms with van der Waals surface area (Å²) in [5, 5.41) is 2.11. The third kappa shape index (κ3) is 2.17. The third-order valence-electron chi connectivity index (χ3n) is 2.73. The Hall–Kier alpha value is -1.15. The van der Waals surface area contributed by atoms with Gasteiger partial charge in [0, 0.05) is 22.3 Å². The van der Waals surface area contributed by atoms with Gasteiger partial charge in [0.05, 0.1) is 0 Å². The van der Waals surface area contributed by atoms with E-state index < -0.39 is 0 Å². The number of thiophene rings is 1. The van der Waals surface area contributed by atoms with Crippen LogP contribution in [0.5, 0.6) is 0 Å². The van der Waals surface area contributed by atoms with Gasteiger partial charge in [0.2, 0.25) is 0 Å². The average molecular weight is 231 g/mol. The lowest BCUT2D eigenvalue weighted by Gasteiger charge is -2.11. The van der Waals surface area contributed by atoms with Gasteiger partial charge in [-0.2, -0.15) is 0 Å². The standard InChI is InChI=1S/C14H17NS/c1-4-11-8-12(13-6-5-7-16-13)9-15-14(11)10(2)3/h5-10H,4H2,1-3H3. The maximum absolute atomic E-state index is 4.61. The number of hydrogen-bond donors (Lipinski definition) is 0. The first-order valence-electron chi connectivity index (χ1n) is 5.75. The van der Waals surface area contributed by atoms with Gasteiger partial charge in [-0.1, -0.05) is 26.8 Å². The molecule has 84 valence electrons. The first kappa shape index (κ1) is 11.3. The zero-order chi connectivity index (χ0) is 11.5. The van der Waals surface area contributed by atoms with Crippen LogP contribution in [-0.2, 0) is 6.42 Å². The Labute approximate surface area is 101 Å². The zero-order valence-electron chi connectivity index (χ0n) is 10.0. The summed E-state index contributed by atoms with van der Waals surface area (Å²) >= 11 is 1.77. The molecular formula is C14H17NS. The van der Waals surface area contributed by atoms with Crippen LogP contribution in [-0.4, -0.2) is 4.98 Å². The maximum atomic E-state index is 4.61. The molecule has 2 aromatic rings. The Morgan fingerprint density at radius 2 is 2.19 bits per heavy atom. The largest absolute Gasteiger partial charge is 0.260 e. The molecule has 16 heavy (non-hydrogen) atoms. The van der Waals surface area contributed by atoms with Crippen molar-refractivity contribution in [1.82, 2.24) is 4.98 Å². The molecule has 0 aliphatic carbocycles. The summed E-state index contributed by atoms with van der Waals surface area (Å²) in [5.74, 6) is 0.507. The summed E-state index contributed by atoms with van der Waals surface area (Å²) in [6.45, 7) is 6.60. The van der Waals surface area contributed by atoms with Crippen LogP contribution in [0.1, 0.15) is 37.9 Å². The lowest BCUT2D eigenvalue weighted by molar-refractivity contribution is 0.800. The van der Waals surface area contributed by atoms with E-state index in [1.165, 1.54) is 21.7 Å². The second-order valence-corrected chi connectivity index (χ2v) is 5.20. The number of aromatic nitrogens is 1. The molecule has 0 saturated carbocycles. The number of rotatable bonds is 3. The highest BCUT2D eigenvalue weighted by atomic mass is 32.1. The van der Waals surface area contributed by atoms with Crippen LogP contribution >= 0.6 is 11.3 Å². The van der Waals surface area contributed by atoms with Crippen molar-refractivity contribution in [3.05, 3.63) is 41.0 Å². The lowest BCUT2D eigenvalue weighted by Crippen LogP contribution is -1.99. The molecule has 2 heteroatoms. The molecule has 0 aliphatic heterocycles. The van der Waals surface area contributed by atoms with Gasteiger partial charge < -0.3 is 0 Å². The van der Waals surface area contributed by atoms with Crippen molar-refractivity contribution >= 4 is 11.3 Å². The molecular weight excluding hydrogens is 214 g/mol. The van der Waals surface area contributed by atoms with Crippen LogP contribution in [0.15, 0.2) is 29.8 Å². The fraction of sp³-hybridized carbons (Fsp3) is 0.357. The van der Waals surface area contributed by atoms with Crippen LogP contribution in [0, 0.1) is 0 Å². The van der Waals surface area contributed by atoms with Crippen LogP contribution in [0.3, 0.4) is 0 Å². The van der Waals surface area contributed by atoms with Crippen molar-refractivity contribution in [3.8, 4) is 10.4 Å². The average Bonchev–Trinajstić information content (AvgIpc) is 2.81. The fourth-order valence-electron chi connectivity index (χ4n) is 1.90. The van der Waals surface area contributed by atoms with Crippen molar-refractivity contribution in [1.29, 1.82) is 0 Å². The van der Waals surface area contributed by atoms with Crippen molar-refractivity contribution in [2.24, 2.45) is 0 Å². The first-order valence-corrected chi connectivity index (χ1v) is 6.63. The summed E-state index contributed by atoms with van der Waals surface area (Å²) < 4.78 is 0. The minimum Gasteiger partial charge on any atom is -0.260 e. The Kier molecular flexibility index (Phi) is 3.39. The van der Waals surface area contributed by atoms with Gasteiger partial charge in [-0.3, -0.25) is 4.98 Å². The molecule has 2 rings (SSSR count). The van der Waals surface area contributed by atoms with Gasteiger partial charge in [0.15, 0.2) is 0 Å². The maximum Gasteiger partial charge on any atom is 0.0461 e. The molecule has 0 aliphatic rings. The lowest BCUT2D eigenvalue weighted by atomic mass is 10.00. The van der Waals surface area contributed by atoms with E-state index in [1.807, 2.05) is 6.20 Å². The molecule has 0 amide bonds. The Bertz CT molecular complexity index is 458. The minimum atomic E-state index is 0.507. The Morgan fingerprint density at radius 1 is 1.38 bits per heavy atom. The summed E-state index contributed by atoms with van der Waals surface area (Å²) in [6, 6.07) is 6.52. The predicted molar refractivity (Wildman–Crippen MR) is 71.0 cm³/mol. The molecule has 0 aromatic carbocycles. The smallest absolute Gasteiger partial charge is 0.0461 e. The first-order chi connectivity index (χ1) is 7.72. The quantitative estimate of drug-likeness (QED) is 0.758. The molecule has 1 nitrogen and oxygen atoms in total. The second-order valence-electron chi connectivity index (χ2n) is 4.25. The summed E-state index contributed by atoms with van der Waals surface area (Å²) in [4.78, 5) is 5.91. The summed E-state index contributed by atoms with van der Waals surface area (Å²) in [7, 11) is 0. The van der Waals surface area contributed by atoms with Crippen LogP contribution in [0.2, 0.25) is 0 Å². The van der Waals surface area contributed by atoms with Crippen molar-refractivity contribution in [2.45, 2.75) is 33.1 Å². The molecule has 0 bridgehead atoms. The van der Waals surface area contributed by atoms with Gasteiger partial charge in [-0.05, 0) is 35.4 Å². The number of aryl methyl sites for hydroxylation is 1. The third-order valence-corrected chi connectivity index (χ3v) is 3.65. The van der Waals surface area contributed by atoms with Gasteiger partial charge in [0.25, 0.3) is 0 Å². The van der Waals surface area contributed by atoms with E-state index in [2.05, 4.69) is 49.3 Å². The van der Waals surface area contributed by atoms with Crippen molar-refractivity contribution < 1.29 is 0 Å². The summed E-state index contributed by atoms with van der Waals surface area (Å²) in [5.41, 5.74) is 3.86. The van der Waals surface area contributed by atoms with E-state index in [1.54, 1.807) is 11.3 Å². The van der Waals surface area contributed by atoms with Crippen LogP contribution in [0.25, 0.3) is 10.4 Å². The predicted octanol–water partition coefficient (Wildman–Crippen LogP) is 4.50. The van der Waals surface area contributed by atoms with E-state index in [-0.39, 0.29) is 0 Å². The van der Waals surface area contributed by atoms with Crippen molar-refractivity contribution in [3.63, 3.8) is 0 Å². The van der Waals surface area contributed by atoms with E-state index >= 15 is 0 Å². The zero-order valence-corrected chi connectivity index (χ0v) is 10.8. The van der Waals surface area contributed by atoms with E-state index in [0.717, 1.165) is 6.42 Å². The van der Waals surface area contributed by atoms with E-state index in [4.69, 9.17) is 0 Å². The molecule has 2 heterocycles. The SMILES string of the molecule is CCc1cc(-c2cccs2)cnc1C(C)C. The van der Waals surface area contributed by atoms with Gasteiger partial charge in [-0.15, -0.1) is 11.3 Å². The molecule has 2 aromatic heterocycles. The number of pyridine rings is 1. The molecule has 0 saturated heterocycles.